The van der Waals surface area contributed by atoms with Crippen LogP contribution in [0, 0.1) is 0 Å². The molecule has 0 saturated heterocycles. The molecular formula is C64H66. The summed E-state index contributed by atoms with van der Waals surface area (Å²) in [5, 5.41) is 0. The predicted molar refractivity (Wildman–Crippen MR) is 277 cm³/mol. The third-order valence-corrected chi connectivity index (χ3v) is 13.4. The van der Waals surface area contributed by atoms with Crippen LogP contribution in [0.2, 0.25) is 0 Å². The Morgan fingerprint density at radius 3 is 0.531 bits per heavy atom. The summed E-state index contributed by atoms with van der Waals surface area (Å²) in [5.41, 5.74) is 19.7. The lowest BCUT2D eigenvalue weighted by molar-refractivity contribution is 0.590. The van der Waals surface area contributed by atoms with E-state index in [2.05, 4.69) is 270 Å². The second-order valence-electron chi connectivity index (χ2n) is 21.3. The molecule has 0 nitrogen and oxygen atoms in total. The molecule has 0 heterocycles. The summed E-state index contributed by atoms with van der Waals surface area (Å²) in [6.45, 7) is 25.0. The highest BCUT2D eigenvalue weighted by Gasteiger charge is 2.39. The van der Waals surface area contributed by atoms with E-state index in [1.54, 1.807) is 0 Å². The lowest BCUT2D eigenvalue weighted by Crippen LogP contribution is -2.31. The highest BCUT2D eigenvalue weighted by atomic mass is 14.4. The molecule has 0 aliphatic carbocycles. The third-order valence-electron chi connectivity index (χ3n) is 13.4. The lowest BCUT2D eigenvalue weighted by atomic mass is 9.64. The van der Waals surface area contributed by atoms with Crippen LogP contribution in [0.25, 0.3) is 44.5 Å². The van der Waals surface area contributed by atoms with Gasteiger partial charge in [-0.1, -0.05) is 270 Å². The van der Waals surface area contributed by atoms with Crippen LogP contribution in [-0.4, -0.2) is 0 Å². The maximum Gasteiger partial charge on any atom is 0.0701 e. The van der Waals surface area contributed by atoms with Crippen molar-refractivity contribution in [2.24, 2.45) is 0 Å². The first kappa shape index (κ1) is 44.4. The molecular weight excluding hydrogens is 769 g/mol. The summed E-state index contributed by atoms with van der Waals surface area (Å²) in [4.78, 5) is 0. The van der Waals surface area contributed by atoms with Gasteiger partial charge in [-0.15, -0.1) is 0 Å². The maximum absolute atomic E-state index is 2.36. The highest BCUT2D eigenvalue weighted by molar-refractivity contribution is 5.73. The first-order valence-corrected chi connectivity index (χ1v) is 23.3. The van der Waals surface area contributed by atoms with E-state index in [1.165, 1.54) is 89.0 Å². The minimum atomic E-state index is -0.627. The molecule has 8 rings (SSSR count). The van der Waals surface area contributed by atoms with Crippen LogP contribution in [-0.2, 0) is 21.7 Å². The van der Waals surface area contributed by atoms with E-state index >= 15 is 0 Å². The zero-order valence-corrected chi connectivity index (χ0v) is 40.1. The quantitative estimate of drug-likeness (QED) is 0.127. The van der Waals surface area contributed by atoms with E-state index in [0.717, 1.165) is 0 Å². The molecule has 0 radical (unpaired) electrons. The molecule has 322 valence electrons. The van der Waals surface area contributed by atoms with Gasteiger partial charge in [-0.3, -0.25) is 0 Å². The van der Waals surface area contributed by atoms with Crippen molar-refractivity contribution in [3.63, 3.8) is 0 Å². The monoisotopic (exact) mass is 835 g/mol. The molecule has 64 heavy (non-hydrogen) atoms. The third kappa shape index (κ3) is 9.07. The van der Waals surface area contributed by atoms with E-state index in [1.807, 2.05) is 0 Å². The lowest BCUT2D eigenvalue weighted by Gasteiger charge is -2.37. The highest BCUT2D eigenvalue weighted by Crippen LogP contribution is 2.47. The molecule has 0 unspecified atom stereocenters. The van der Waals surface area contributed by atoms with E-state index in [-0.39, 0.29) is 16.2 Å². The molecule has 8 aromatic rings. The van der Waals surface area contributed by atoms with Gasteiger partial charge in [0.15, 0.2) is 0 Å². The normalized spacial score (nSPS) is 12.4. The van der Waals surface area contributed by atoms with Gasteiger partial charge in [0.25, 0.3) is 0 Å². The molecule has 0 heteroatoms. The molecule has 0 aliphatic heterocycles. The largest absolute Gasteiger partial charge is 0.0701 e. The molecule has 0 spiro atoms. The summed E-state index contributed by atoms with van der Waals surface area (Å²) in [7, 11) is 0. The Morgan fingerprint density at radius 2 is 0.375 bits per heavy atom. The topological polar surface area (TPSA) is 0 Å². The zero-order chi connectivity index (χ0) is 45.4. The second kappa shape index (κ2) is 17.4. The van der Waals surface area contributed by atoms with Gasteiger partial charge in [0, 0.05) is 0 Å². The summed E-state index contributed by atoms with van der Waals surface area (Å²) in [6, 6.07) is 73.8. The van der Waals surface area contributed by atoms with Crippen LogP contribution < -0.4 is 0 Å². The molecule has 0 N–H and O–H groups in total. The summed E-state index contributed by atoms with van der Waals surface area (Å²) in [5.74, 6) is 0.495. The molecule has 0 fully saturated rings. The van der Waals surface area contributed by atoms with Crippen molar-refractivity contribution in [2.45, 2.75) is 104 Å². The minimum absolute atomic E-state index is 0.103. The van der Waals surface area contributed by atoms with Crippen LogP contribution in [0.3, 0.4) is 0 Å². The van der Waals surface area contributed by atoms with Crippen LogP contribution in [0.5, 0.6) is 0 Å². The first-order chi connectivity index (χ1) is 30.4. The molecule has 0 aromatic heterocycles. The van der Waals surface area contributed by atoms with Crippen molar-refractivity contribution < 1.29 is 0 Å². The van der Waals surface area contributed by atoms with E-state index in [9.17, 15) is 0 Å². The minimum Gasteiger partial charge on any atom is -0.0587 e. The SMILES string of the molecule is CC(C)c1ccc(-c2ccc(C(c3ccc(-c4ccc(C(C)(C)C)cc4)cc3)(c3ccc(-c4ccc(C(C)(C)C)cc4)cc3)c3ccc(-c4ccc(C(C)(C)C)cc4)cc3)cc2)cc1. The number of hydrogen-bond acceptors (Lipinski definition) is 0. The standard InChI is InChI=1S/C64H66/c1-44(2)45-12-14-46(15-13-45)50-22-36-57(37-23-50)64(58-38-24-51(25-39-58)47-16-30-54(31-17-47)61(3,4)5,59-40-26-52(27-41-59)48-18-32-55(33-19-48)62(6,7)8)60-42-28-53(29-43-60)49-20-34-56(35-21-49)63(9,10)11/h12-44H,1-11H3. The average molecular weight is 835 g/mol. The summed E-state index contributed by atoms with van der Waals surface area (Å²) < 4.78 is 0. The second-order valence-corrected chi connectivity index (χ2v) is 21.3. The molecule has 0 saturated carbocycles. The Hall–Kier alpha value is -6.24. The number of rotatable bonds is 9. The van der Waals surface area contributed by atoms with E-state index < -0.39 is 5.41 Å². The van der Waals surface area contributed by atoms with E-state index in [4.69, 9.17) is 0 Å². The Kier molecular flexibility index (Phi) is 12.1. The van der Waals surface area contributed by atoms with Crippen molar-refractivity contribution in [3.05, 3.63) is 239 Å². The van der Waals surface area contributed by atoms with Crippen LogP contribution in [0.1, 0.15) is 127 Å². The van der Waals surface area contributed by atoms with Crippen LogP contribution >= 0.6 is 0 Å². The number of benzene rings is 8. The van der Waals surface area contributed by atoms with Crippen molar-refractivity contribution in [3.8, 4) is 44.5 Å². The van der Waals surface area contributed by atoms with Gasteiger partial charge in [-0.25, -0.2) is 0 Å². The average Bonchev–Trinajstić information content (AvgIpc) is 3.29. The Morgan fingerprint density at radius 1 is 0.219 bits per heavy atom. The first-order valence-electron chi connectivity index (χ1n) is 23.3. The van der Waals surface area contributed by atoms with Gasteiger partial charge >= 0.3 is 0 Å². The fraction of sp³-hybridized carbons (Fsp3) is 0.250. The fourth-order valence-electron chi connectivity index (χ4n) is 9.20. The molecule has 8 aromatic carbocycles. The van der Waals surface area contributed by atoms with Crippen LogP contribution in [0.15, 0.2) is 194 Å². The zero-order valence-electron chi connectivity index (χ0n) is 40.1. The van der Waals surface area contributed by atoms with Gasteiger partial charge in [0.2, 0.25) is 0 Å². The smallest absolute Gasteiger partial charge is 0.0587 e. The number of hydrogen-bond donors (Lipinski definition) is 0. The summed E-state index contributed by atoms with van der Waals surface area (Å²) in [6.07, 6.45) is 0. The fourth-order valence-corrected chi connectivity index (χ4v) is 9.20. The molecule has 0 atom stereocenters. The summed E-state index contributed by atoms with van der Waals surface area (Å²) >= 11 is 0. The maximum atomic E-state index is 2.36. The molecule has 0 amide bonds. The molecule has 0 bridgehead atoms. The van der Waals surface area contributed by atoms with Crippen LogP contribution in [0.4, 0.5) is 0 Å². The predicted octanol–water partition coefficient (Wildman–Crippen LogP) is 17.8. The Balaban J connectivity index is 1.30. The van der Waals surface area contributed by atoms with Crippen molar-refractivity contribution in [1.82, 2.24) is 0 Å². The van der Waals surface area contributed by atoms with Gasteiger partial charge in [0.05, 0.1) is 5.41 Å². The van der Waals surface area contributed by atoms with Crippen molar-refractivity contribution in [1.29, 1.82) is 0 Å². The van der Waals surface area contributed by atoms with Gasteiger partial charge < -0.3 is 0 Å². The van der Waals surface area contributed by atoms with Crippen molar-refractivity contribution >= 4 is 0 Å². The van der Waals surface area contributed by atoms with E-state index in [0.29, 0.717) is 5.92 Å². The van der Waals surface area contributed by atoms with Gasteiger partial charge in [0.1, 0.15) is 0 Å². The van der Waals surface area contributed by atoms with Crippen molar-refractivity contribution in [2.75, 3.05) is 0 Å². The Labute approximate surface area is 385 Å². The van der Waals surface area contributed by atoms with Gasteiger partial charge in [-0.2, -0.15) is 0 Å². The van der Waals surface area contributed by atoms with Gasteiger partial charge in [-0.05, 0) is 111 Å². The Bertz CT molecular complexity index is 2530. The molecule has 0 aliphatic rings.